The van der Waals surface area contributed by atoms with Crippen molar-refractivity contribution in [3.63, 3.8) is 0 Å². The van der Waals surface area contributed by atoms with E-state index in [9.17, 15) is 4.79 Å². The number of fused-ring (bicyclic) bond motifs is 1. The fourth-order valence-electron chi connectivity index (χ4n) is 3.16. The maximum absolute atomic E-state index is 12.3. The van der Waals surface area contributed by atoms with Gasteiger partial charge in [-0.25, -0.2) is 4.98 Å². The maximum Gasteiger partial charge on any atom is 0.230 e. The quantitative estimate of drug-likeness (QED) is 0.451. The molecular weight excluding hydrogens is 416 g/mol. The molecule has 1 amide bonds. The summed E-state index contributed by atoms with van der Waals surface area (Å²) in [6, 6.07) is 14.1. The zero-order valence-corrected chi connectivity index (χ0v) is 18.7. The van der Waals surface area contributed by atoms with Crippen LogP contribution >= 0.6 is 23.1 Å². The smallest absolute Gasteiger partial charge is 0.230 e. The van der Waals surface area contributed by atoms with Crippen molar-refractivity contribution < 1.29 is 14.3 Å². The lowest BCUT2D eigenvalue weighted by Crippen LogP contribution is -2.22. The average molecular weight is 441 g/mol. The predicted molar refractivity (Wildman–Crippen MR) is 122 cm³/mol. The van der Waals surface area contributed by atoms with Crippen molar-refractivity contribution in [3.05, 3.63) is 59.1 Å². The summed E-state index contributed by atoms with van der Waals surface area (Å²) in [5.41, 5.74) is 3.04. The molecule has 1 aliphatic heterocycles. The van der Waals surface area contributed by atoms with Crippen LogP contribution in [0.3, 0.4) is 0 Å². The number of hydrogen-bond donors (Lipinski definition) is 0. The maximum atomic E-state index is 12.3. The minimum atomic E-state index is -0.0456. The number of amides is 1. The third-order valence-corrected chi connectivity index (χ3v) is 6.66. The molecule has 5 nitrogen and oxygen atoms in total. The number of benzene rings is 2. The summed E-state index contributed by atoms with van der Waals surface area (Å²) in [4.78, 5) is 19.8. The highest BCUT2D eigenvalue weighted by atomic mass is 32.2. The molecule has 0 atom stereocenters. The SMILES string of the molecule is CCc1ccc(N(C(C)=O)c2nc(CSc3ccc4c(c3)OCCCO4)cs2)cc1. The predicted octanol–water partition coefficient (Wildman–Crippen LogP) is 5.84. The molecule has 0 unspecified atom stereocenters. The molecule has 156 valence electrons. The van der Waals surface area contributed by atoms with Gasteiger partial charge in [0.1, 0.15) is 0 Å². The Morgan fingerprint density at radius 1 is 1.13 bits per heavy atom. The van der Waals surface area contributed by atoms with Crippen LogP contribution < -0.4 is 14.4 Å². The molecule has 0 saturated heterocycles. The fourth-order valence-corrected chi connectivity index (χ4v) is 4.97. The van der Waals surface area contributed by atoms with Gasteiger partial charge in [-0.3, -0.25) is 9.69 Å². The first-order valence-corrected chi connectivity index (χ1v) is 11.9. The largest absolute Gasteiger partial charge is 0.490 e. The standard InChI is InChI=1S/C23H24N2O3S2/c1-3-17-5-7-19(8-6-17)25(16(2)26)23-24-18(15-30-23)14-29-20-9-10-21-22(13-20)28-12-4-11-27-21/h5-10,13,15H,3-4,11-12,14H2,1-2H3. The second-order valence-electron chi connectivity index (χ2n) is 6.94. The lowest BCUT2D eigenvalue weighted by atomic mass is 10.1. The second kappa shape index (κ2) is 9.53. The van der Waals surface area contributed by atoms with Gasteiger partial charge in [0.05, 0.1) is 24.6 Å². The van der Waals surface area contributed by atoms with Crippen LogP contribution in [0.1, 0.15) is 31.5 Å². The van der Waals surface area contributed by atoms with Crippen molar-refractivity contribution >= 4 is 39.8 Å². The molecule has 0 saturated carbocycles. The molecule has 0 radical (unpaired) electrons. The summed E-state index contributed by atoms with van der Waals surface area (Å²) in [5, 5.41) is 2.71. The molecule has 30 heavy (non-hydrogen) atoms. The molecule has 3 aromatic rings. The Labute approximate surface area is 185 Å². The van der Waals surface area contributed by atoms with Crippen LogP contribution in [0.15, 0.2) is 52.7 Å². The second-order valence-corrected chi connectivity index (χ2v) is 8.83. The van der Waals surface area contributed by atoms with Crippen LogP contribution in [0, 0.1) is 0 Å². The number of nitrogens with zero attached hydrogens (tertiary/aromatic N) is 2. The van der Waals surface area contributed by atoms with Crippen molar-refractivity contribution in [1.29, 1.82) is 0 Å². The van der Waals surface area contributed by atoms with Gasteiger partial charge in [-0.05, 0) is 42.3 Å². The van der Waals surface area contributed by atoms with Gasteiger partial charge >= 0.3 is 0 Å². The van der Waals surface area contributed by atoms with E-state index >= 15 is 0 Å². The topological polar surface area (TPSA) is 51.7 Å². The van der Waals surface area contributed by atoms with Gasteiger partial charge in [0.2, 0.25) is 5.91 Å². The van der Waals surface area contributed by atoms with Crippen LogP contribution in [0.2, 0.25) is 0 Å². The highest BCUT2D eigenvalue weighted by molar-refractivity contribution is 7.98. The van der Waals surface area contributed by atoms with Gasteiger partial charge < -0.3 is 9.47 Å². The molecule has 0 bridgehead atoms. The molecule has 0 spiro atoms. The van der Waals surface area contributed by atoms with Gasteiger partial charge in [0.25, 0.3) is 0 Å². The lowest BCUT2D eigenvalue weighted by molar-refractivity contribution is -0.115. The van der Waals surface area contributed by atoms with Crippen molar-refractivity contribution in [2.24, 2.45) is 0 Å². The van der Waals surface area contributed by atoms with Gasteiger partial charge in [-0.1, -0.05) is 19.1 Å². The average Bonchev–Trinajstić information content (AvgIpc) is 3.08. The first-order chi connectivity index (χ1) is 14.6. The zero-order chi connectivity index (χ0) is 20.9. The third kappa shape index (κ3) is 4.79. The summed E-state index contributed by atoms with van der Waals surface area (Å²) in [6.07, 6.45) is 1.87. The summed E-state index contributed by atoms with van der Waals surface area (Å²) < 4.78 is 11.5. The lowest BCUT2D eigenvalue weighted by Gasteiger charge is -2.18. The minimum Gasteiger partial charge on any atom is -0.490 e. The normalized spacial score (nSPS) is 13.0. The summed E-state index contributed by atoms with van der Waals surface area (Å²) >= 11 is 3.18. The third-order valence-electron chi connectivity index (χ3n) is 4.75. The van der Waals surface area contributed by atoms with E-state index in [1.54, 1.807) is 23.6 Å². The fraction of sp³-hybridized carbons (Fsp3) is 0.304. The molecule has 1 aromatic heterocycles. The Hall–Kier alpha value is -2.51. The molecule has 1 aliphatic rings. The van der Waals surface area contributed by atoms with E-state index in [1.165, 1.54) is 16.9 Å². The van der Waals surface area contributed by atoms with Crippen LogP contribution in [0.5, 0.6) is 11.5 Å². The molecule has 0 aliphatic carbocycles. The summed E-state index contributed by atoms with van der Waals surface area (Å²) in [6.45, 7) is 5.05. The first-order valence-electron chi connectivity index (χ1n) is 10.0. The minimum absolute atomic E-state index is 0.0456. The van der Waals surface area contributed by atoms with Crippen LogP contribution in [-0.4, -0.2) is 24.1 Å². The van der Waals surface area contributed by atoms with Crippen molar-refractivity contribution in [2.45, 2.75) is 37.3 Å². The summed E-state index contributed by atoms with van der Waals surface area (Å²) in [7, 11) is 0. The highest BCUT2D eigenvalue weighted by Gasteiger charge is 2.18. The number of aryl methyl sites for hydroxylation is 1. The van der Waals surface area contributed by atoms with Crippen molar-refractivity contribution in [1.82, 2.24) is 4.98 Å². The monoisotopic (exact) mass is 440 g/mol. The Balaban J connectivity index is 1.46. The molecule has 7 heteroatoms. The van der Waals surface area contributed by atoms with E-state index in [-0.39, 0.29) is 5.91 Å². The zero-order valence-electron chi connectivity index (χ0n) is 17.1. The van der Waals surface area contributed by atoms with E-state index < -0.39 is 0 Å². The number of anilines is 2. The number of thiazole rings is 1. The number of carbonyl (C=O) groups excluding carboxylic acids is 1. The first kappa shape index (κ1) is 20.8. The van der Waals surface area contributed by atoms with E-state index in [0.29, 0.717) is 18.3 Å². The molecule has 4 rings (SSSR count). The van der Waals surface area contributed by atoms with E-state index in [1.807, 2.05) is 35.7 Å². The van der Waals surface area contributed by atoms with Gasteiger partial charge in [-0.15, -0.1) is 23.1 Å². The van der Waals surface area contributed by atoms with Gasteiger partial charge in [-0.2, -0.15) is 0 Å². The molecule has 2 aromatic carbocycles. The molecule has 2 heterocycles. The molecule has 0 N–H and O–H groups in total. The number of ether oxygens (including phenoxy) is 2. The van der Waals surface area contributed by atoms with Gasteiger partial charge in [0.15, 0.2) is 16.6 Å². The highest BCUT2D eigenvalue weighted by Crippen LogP contribution is 2.36. The summed E-state index contributed by atoms with van der Waals surface area (Å²) in [5.74, 6) is 2.28. The van der Waals surface area contributed by atoms with Crippen molar-refractivity contribution in [2.75, 3.05) is 18.1 Å². The Bertz CT molecular complexity index is 1020. The Kier molecular flexibility index (Phi) is 6.59. The van der Waals surface area contributed by atoms with Crippen molar-refractivity contribution in [3.8, 4) is 11.5 Å². The Morgan fingerprint density at radius 2 is 1.90 bits per heavy atom. The number of aromatic nitrogens is 1. The van der Waals surface area contributed by atoms with E-state index in [0.717, 1.165) is 46.4 Å². The van der Waals surface area contributed by atoms with Crippen LogP contribution in [0.4, 0.5) is 10.8 Å². The Morgan fingerprint density at radius 3 is 2.63 bits per heavy atom. The number of thioether (sulfide) groups is 1. The van der Waals surface area contributed by atoms with Gasteiger partial charge in [0, 0.05) is 29.4 Å². The van der Waals surface area contributed by atoms with E-state index in [2.05, 4.69) is 19.1 Å². The van der Waals surface area contributed by atoms with Crippen LogP contribution in [-0.2, 0) is 17.0 Å². The van der Waals surface area contributed by atoms with E-state index in [4.69, 9.17) is 14.5 Å². The number of rotatable bonds is 6. The molecular formula is C23H24N2O3S2. The number of carbonyl (C=O) groups is 1. The van der Waals surface area contributed by atoms with Crippen LogP contribution in [0.25, 0.3) is 0 Å². The number of hydrogen-bond acceptors (Lipinski definition) is 6. The molecule has 0 fully saturated rings.